The molecule has 0 saturated heterocycles. The number of primary amides is 1. The zero-order valence-corrected chi connectivity index (χ0v) is 17.4. The van der Waals surface area contributed by atoms with E-state index in [9.17, 15) is 9.59 Å². The SMILES string of the molecule is NC(=O)Nc1ccc(NC(=O)c2cccc(CSc3cc(Cl)ccc3Cl)c2)cc1. The molecule has 0 heterocycles. The van der Waals surface area contributed by atoms with E-state index in [1.54, 1.807) is 54.2 Å². The molecule has 0 atom stereocenters. The lowest BCUT2D eigenvalue weighted by Crippen LogP contribution is -2.19. The maximum atomic E-state index is 12.6. The van der Waals surface area contributed by atoms with Gasteiger partial charge in [0.2, 0.25) is 0 Å². The van der Waals surface area contributed by atoms with Crippen molar-refractivity contribution in [3.63, 3.8) is 0 Å². The molecule has 0 aromatic heterocycles. The van der Waals surface area contributed by atoms with Gasteiger partial charge < -0.3 is 16.4 Å². The molecule has 0 aliphatic rings. The number of hydrogen-bond donors (Lipinski definition) is 3. The first-order chi connectivity index (χ1) is 13.9. The van der Waals surface area contributed by atoms with Gasteiger partial charge in [-0.3, -0.25) is 4.79 Å². The second kappa shape index (κ2) is 9.69. The number of benzene rings is 3. The summed E-state index contributed by atoms with van der Waals surface area (Å²) >= 11 is 13.8. The maximum absolute atomic E-state index is 12.6. The summed E-state index contributed by atoms with van der Waals surface area (Å²) in [5, 5.41) is 6.56. The summed E-state index contributed by atoms with van der Waals surface area (Å²) in [6.07, 6.45) is 0. The van der Waals surface area contributed by atoms with Crippen LogP contribution in [0.4, 0.5) is 16.2 Å². The van der Waals surface area contributed by atoms with E-state index < -0.39 is 6.03 Å². The summed E-state index contributed by atoms with van der Waals surface area (Å²) in [4.78, 5) is 24.3. The predicted octanol–water partition coefficient (Wildman–Crippen LogP) is 6.03. The molecule has 0 bridgehead atoms. The highest BCUT2D eigenvalue weighted by Crippen LogP contribution is 2.32. The number of halogens is 2. The normalized spacial score (nSPS) is 10.4. The fourth-order valence-corrected chi connectivity index (χ4v) is 3.97. The Labute approximate surface area is 182 Å². The Bertz CT molecular complexity index is 1040. The van der Waals surface area contributed by atoms with Crippen LogP contribution in [0.15, 0.2) is 71.6 Å². The summed E-state index contributed by atoms with van der Waals surface area (Å²) in [6.45, 7) is 0. The van der Waals surface area contributed by atoms with Crippen molar-refractivity contribution in [3.05, 3.63) is 87.9 Å². The number of urea groups is 1. The summed E-state index contributed by atoms with van der Waals surface area (Å²) in [7, 11) is 0. The molecule has 29 heavy (non-hydrogen) atoms. The Morgan fingerprint density at radius 1 is 0.897 bits per heavy atom. The number of nitrogens with two attached hydrogens (primary N) is 1. The van der Waals surface area contributed by atoms with Crippen LogP contribution in [-0.2, 0) is 5.75 Å². The highest BCUT2D eigenvalue weighted by Gasteiger charge is 2.09. The van der Waals surface area contributed by atoms with Crippen molar-refractivity contribution >= 4 is 58.3 Å². The summed E-state index contributed by atoms with van der Waals surface area (Å²) in [5.41, 5.74) is 7.76. The van der Waals surface area contributed by atoms with Crippen LogP contribution in [0.5, 0.6) is 0 Å². The van der Waals surface area contributed by atoms with Crippen molar-refractivity contribution < 1.29 is 9.59 Å². The van der Waals surface area contributed by atoms with E-state index in [1.165, 1.54) is 0 Å². The van der Waals surface area contributed by atoms with Crippen LogP contribution < -0.4 is 16.4 Å². The Balaban J connectivity index is 1.64. The standard InChI is InChI=1S/C21H17Cl2N3O2S/c22-15-4-9-18(23)19(11-15)29-12-13-2-1-3-14(10-13)20(27)25-16-5-7-17(8-6-16)26-21(24)28/h1-11H,12H2,(H,25,27)(H3,24,26,28). The van der Waals surface area contributed by atoms with E-state index >= 15 is 0 Å². The van der Waals surface area contributed by atoms with Gasteiger partial charge in [-0.05, 0) is 60.2 Å². The largest absolute Gasteiger partial charge is 0.351 e. The van der Waals surface area contributed by atoms with E-state index in [2.05, 4.69) is 10.6 Å². The Morgan fingerprint density at radius 3 is 2.28 bits per heavy atom. The minimum Gasteiger partial charge on any atom is -0.351 e. The van der Waals surface area contributed by atoms with Crippen LogP contribution in [0, 0.1) is 0 Å². The lowest BCUT2D eigenvalue weighted by Gasteiger charge is -2.09. The fraction of sp³-hybridized carbons (Fsp3) is 0.0476. The molecule has 0 radical (unpaired) electrons. The molecule has 0 spiro atoms. The van der Waals surface area contributed by atoms with Gasteiger partial charge in [0.15, 0.2) is 0 Å². The van der Waals surface area contributed by atoms with Crippen molar-refractivity contribution in [2.45, 2.75) is 10.6 Å². The van der Waals surface area contributed by atoms with Crippen LogP contribution in [0.1, 0.15) is 15.9 Å². The van der Waals surface area contributed by atoms with Crippen molar-refractivity contribution in [2.75, 3.05) is 10.6 Å². The van der Waals surface area contributed by atoms with Gasteiger partial charge >= 0.3 is 6.03 Å². The minimum absolute atomic E-state index is 0.228. The lowest BCUT2D eigenvalue weighted by atomic mass is 10.1. The monoisotopic (exact) mass is 445 g/mol. The van der Waals surface area contributed by atoms with Crippen LogP contribution in [0.2, 0.25) is 10.0 Å². The first kappa shape index (κ1) is 21.0. The topological polar surface area (TPSA) is 84.2 Å². The second-order valence-electron chi connectivity index (χ2n) is 6.08. The third-order valence-electron chi connectivity index (χ3n) is 3.89. The van der Waals surface area contributed by atoms with E-state index in [1.807, 2.05) is 24.3 Å². The van der Waals surface area contributed by atoms with Gasteiger partial charge in [-0.2, -0.15) is 0 Å². The highest BCUT2D eigenvalue weighted by molar-refractivity contribution is 7.98. The Morgan fingerprint density at radius 2 is 1.59 bits per heavy atom. The van der Waals surface area contributed by atoms with Gasteiger partial charge in [0.25, 0.3) is 5.91 Å². The third kappa shape index (κ3) is 6.15. The molecule has 3 aromatic rings. The first-order valence-corrected chi connectivity index (χ1v) is 10.3. The zero-order chi connectivity index (χ0) is 20.8. The molecule has 8 heteroatoms. The number of anilines is 2. The molecule has 0 aliphatic heterocycles. The average molecular weight is 446 g/mol. The number of hydrogen-bond acceptors (Lipinski definition) is 3. The van der Waals surface area contributed by atoms with E-state index in [0.29, 0.717) is 32.7 Å². The maximum Gasteiger partial charge on any atom is 0.316 e. The third-order valence-corrected chi connectivity index (χ3v) is 5.69. The molecule has 4 N–H and O–H groups in total. The van der Waals surface area contributed by atoms with Crippen molar-refractivity contribution in [1.29, 1.82) is 0 Å². The number of carbonyl (C=O) groups excluding carboxylic acids is 2. The number of rotatable bonds is 6. The molecule has 3 amide bonds. The molecule has 148 valence electrons. The fourth-order valence-electron chi connectivity index (χ4n) is 2.53. The summed E-state index contributed by atoms with van der Waals surface area (Å²) in [6, 6.07) is 18.7. The van der Waals surface area contributed by atoms with E-state index in [-0.39, 0.29) is 5.91 Å². The number of amides is 3. The van der Waals surface area contributed by atoms with Crippen molar-refractivity contribution in [3.8, 4) is 0 Å². The van der Waals surface area contributed by atoms with Crippen LogP contribution in [0.25, 0.3) is 0 Å². The molecule has 3 aromatic carbocycles. The van der Waals surface area contributed by atoms with Gasteiger partial charge in [-0.25, -0.2) is 4.79 Å². The molecule has 3 rings (SSSR count). The number of thioether (sulfide) groups is 1. The van der Waals surface area contributed by atoms with Gasteiger partial charge in [0.1, 0.15) is 0 Å². The average Bonchev–Trinajstić information content (AvgIpc) is 2.70. The Hall–Kier alpha value is -2.67. The van der Waals surface area contributed by atoms with Gasteiger partial charge in [0, 0.05) is 32.6 Å². The number of carbonyl (C=O) groups is 2. The molecular formula is C21H17Cl2N3O2S. The zero-order valence-electron chi connectivity index (χ0n) is 15.1. The minimum atomic E-state index is -0.643. The van der Waals surface area contributed by atoms with Gasteiger partial charge in [-0.15, -0.1) is 11.8 Å². The molecule has 5 nitrogen and oxygen atoms in total. The molecule has 0 saturated carbocycles. The summed E-state index contributed by atoms with van der Waals surface area (Å²) < 4.78 is 0. The highest BCUT2D eigenvalue weighted by atomic mass is 35.5. The van der Waals surface area contributed by atoms with E-state index in [4.69, 9.17) is 28.9 Å². The van der Waals surface area contributed by atoms with Gasteiger partial charge in [-0.1, -0.05) is 35.3 Å². The first-order valence-electron chi connectivity index (χ1n) is 8.55. The summed E-state index contributed by atoms with van der Waals surface area (Å²) in [5.74, 6) is 0.419. The van der Waals surface area contributed by atoms with Crippen molar-refractivity contribution in [2.24, 2.45) is 5.73 Å². The molecular weight excluding hydrogens is 429 g/mol. The number of nitrogens with one attached hydrogen (secondary N) is 2. The predicted molar refractivity (Wildman–Crippen MR) is 120 cm³/mol. The Kier molecular flexibility index (Phi) is 7.04. The van der Waals surface area contributed by atoms with Crippen LogP contribution in [-0.4, -0.2) is 11.9 Å². The molecule has 0 unspecified atom stereocenters. The lowest BCUT2D eigenvalue weighted by molar-refractivity contribution is 0.102. The second-order valence-corrected chi connectivity index (χ2v) is 7.95. The van der Waals surface area contributed by atoms with Gasteiger partial charge in [0.05, 0.1) is 5.02 Å². The quantitative estimate of drug-likeness (QED) is 0.405. The van der Waals surface area contributed by atoms with Crippen LogP contribution in [0.3, 0.4) is 0 Å². The van der Waals surface area contributed by atoms with E-state index in [0.717, 1.165) is 10.5 Å². The van der Waals surface area contributed by atoms with Crippen LogP contribution >= 0.6 is 35.0 Å². The molecule has 0 aliphatic carbocycles. The molecule has 0 fully saturated rings. The van der Waals surface area contributed by atoms with Crippen molar-refractivity contribution in [1.82, 2.24) is 0 Å². The smallest absolute Gasteiger partial charge is 0.316 e.